The number of carbonyl (C=O) groups is 2. The molecule has 0 aromatic heterocycles. The van der Waals surface area contributed by atoms with E-state index in [1.807, 2.05) is 0 Å². The SMILES string of the molecule is CCC1(C(=O)N2CCC(C(=O)O)(C(F)(F)F)C2)CCCN1. The van der Waals surface area contributed by atoms with Gasteiger partial charge in [-0.2, -0.15) is 13.2 Å². The molecule has 120 valence electrons. The smallest absolute Gasteiger partial charge is 0.406 e. The number of carboxylic acids is 1. The number of rotatable bonds is 3. The summed E-state index contributed by atoms with van der Waals surface area (Å²) in [5.41, 5.74) is -3.67. The average molecular weight is 308 g/mol. The van der Waals surface area contributed by atoms with E-state index >= 15 is 0 Å². The fourth-order valence-corrected chi connectivity index (χ4v) is 3.25. The number of carboxylic acid groups (broad SMARTS) is 1. The lowest BCUT2D eigenvalue weighted by atomic mass is 9.86. The van der Waals surface area contributed by atoms with Crippen LogP contribution in [0.5, 0.6) is 0 Å². The molecule has 0 radical (unpaired) electrons. The fourth-order valence-electron chi connectivity index (χ4n) is 3.25. The van der Waals surface area contributed by atoms with Gasteiger partial charge in [-0.3, -0.25) is 9.59 Å². The predicted octanol–water partition coefficient (Wildman–Crippen LogP) is 1.38. The van der Waals surface area contributed by atoms with Gasteiger partial charge < -0.3 is 15.3 Å². The molecule has 0 aromatic rings. The van der Waals surface area contributed by atoms with Crippen LogP contribution in [0.25, 0.3) is 0 Å². The van der Waals surface area contributed by atoms with Crippen LogP contribution >= 0.6 is 0 Å². The highest BCUT2D eigenvalue weighted by molar-refractivity contribution is 5.88. The standard InChI is InChI=1S/C13H19F3N2O3/c1-2-12(4-3-6-17-12)9(19)18-7-5-11(8-18,10(20)21)13(14,15)16/h17H,2-8H2,1H3,(H,20,21). The first-order chi connectivity index (χ1) is 9.68. The van der Waals surface area contributed by atoms with Gasteiger partial charge >= 0.3 is 12.1 Å². The highest BCUT2D eigenvalue weighted by atomic mass is 19.4. The lowest BCUT2D eigenvalue weighted by Crippen LogP contribution is -2.55. The predicted molar refractivity (Wildman–Crippen MR) is 67.6 cm³/mol. The van der Waals surface area contributed by atoms with Gasteiger partial charge in [0.2, 0.25) is 5.91 Å². The molecule has 8 heteroatoms. The number of likely N-dealkylation sites (tertiary alicyclic amines) is 1. The van der Waals surface area contributed by atoms with Crippen LogP contribution in [0.4, 0.5) is 13.2 Å². The summed E-state index contributed by atoms with van der Waals surface area (Å²) >= 11 is 0. The molecule has 0 saturated carbocycles. The molecule has 0 spiro atoms. The van der Waals surface area contributed by atoms with Crippen LogP contribution in [0.15, 0.2) is 0 Å². The van der Waals surface area contributed by atoms with Gasteiger partial charge in [-0.1, -0.05) is 6.92 Å². The normalized spacial score (nSPS) is 33.4. The Labute approximate surface area is 120 Å². The third kappa shape index (κ3) is 2.39. The van der Waals surface area contributed by atoms with Crippen molar-refractivity contribution < 1.29 is 27.9 Å². The summed E-state index contributed by atoms with van der Waals surface area (Å²) in [5.74, 6) is -2.31. The van der Waals surface area contributed by atoms with E-state index in [-0.39, 0.29) is 6.54 Å². The van der Waals surface area contributed by atoms with Crippen molar-refractivity contribution in [3.05, 3.63) is 0 Å². The molecule has 2 N–H and O–H groups in total. The van der Waals surface area contributed by atoms with E-state index in [1.165, 1.54) is 0 Å². The minimum absolute atomic E-state index is 0.173. The Morgan fingerprint density at radius 2 is 2.00 bits per heavy atom. The molecule has 2 unspecified atom stereocenters. The highest BCUT2D eigenvalue weighted by Gasteiger charge is 2.65. The van der Waals surface area contributed by atoms with E-state index in [4.69, 9.17) is 5.11 Å². The Bertz CT molecular complexity index is 446. The second kappa shape index (κ2) is 5.15. The van der Waals surface area contributed by atoms with E-state index in [1.54, 1.807) is 6.92 Å². The van der Waals surface area contributed by atoms with Crippen LogP contribution < -0.4 is 5.32 Å². The first kappa shape index (κ1) is 16.1. The number of nitrogens with one attached hydrogen (secondary N) is 1. The number of alkyl halides is 3. The molecule has 21 heavy (non-hydrogen) atoms. The van der Waals surface area contributed by atoms with Crippen LogP contribution in [0, 0.1) is 5.41 Å². The summed E-state index contributed by atoms with van der Waals surface area (Å²) in [7, 11) is 0. The molecule has 2 fully saturated rings. The minimum atomic E-state index is -4.86. The zero-order chi connectivity index (χ0) is 15.9. The van der Waals surface area contributed by atoms with Gasteiger partial charge in [0.1, 0.15) is 0 Å². The summed E-state index contributed by atoms with van der Waals surface area (Å²) < 4.78 is 39.4. The Hall–Kier alpha value is -1.31. The molecular weight excluding hydrogens is 289 g/mol. The van der Waals surface area contributed by atoms with E-state index < -0.39 is 42.0 Å². The van der Waals surface area contributed by atoms with Crippen molar-refractivity contribution in [1.29, 1.82) is 0 Å². The summed E-state index contributed by atoms with van der Waals surface area (Å²) in [4.78, 5) is 24.7. The lowest BCUT2D eigenvalue weighted by Gasteiger charge is -2.33. The van der Waals surface area contributed by atoms with Gasteiger partial charge in [-0.15, -0.1) is 0 Å². The Balaban J connectivity index is 2.21. The quantitative estimate of drug-likeness (QED) is 0.826. The molecule has 0 aromatic carbocycles. The largest absolute Gasteiger partial charge is 0.481 e. The fraction of sp³-hybridized carbons (Fsp3) is 0.846. The molecule has 5 nitrogen and oxygen atoms in total. The van der Waals surface area contributed by atoms with Crippen LogP contribution in [0.3, 0.4) is 0 Å². The van der Waals surface area contributed by atoms with Gasteiger partial charge in [0.05, 0.1) is 5.54 Å². The lowest BCUT2D eigenvalue weighted by molar-refractivity contribution is -0.227. The maximum Gasteiger partial charge on any atom is 0.406 e. The maximum atomic E-state index is 13.1. The van der Waals surface area contributed by atoms with Crippen molar-refractivity contribution in [3.8, 4) is 0 Å². The van der Waals surface area contributed by atoms with Crippen LogP contribution in [-0.2, 0) is 9.59 Å². The number of carbonyl (C=O) groups excluding carboxylic acids is 1. The number of nitrogens with zero attached hydrogens (tertiary/aromatic N) is 1. The van der Waals surface area contributed by atoms with E-state index in [0.29, 0.717) is 19.4 Å². The first-order valence-electron chi connectivity index (χ1n) is 7.03. The van der Waals surface area contributed by atoms with Crippen LogP contribution in [-0.4, -0.2) is 53.2 Å². The molecule has 2 aliphatic heterocycles. The number of amides is 1. The monoisotopic (exact) mass is 308 g/mol. The second-order valence-corrected chi connectivity index (χ2v) is 5.83. The number of hydrogen-bond acceptors (Lipinski definition) is 3. The zero-order valence-electron chi connectivity index (χ0n) is 11.8. The first-order valence-corrected chi connectivity index (χ1v) is 7.03. The van der Waals surface area contributed by atoms with Gasteiger partial charge in [0, 0.05) is 13.1 Å². The summed E-state index contributed by atoms with van der Waals surface area (Å²) in [5, 5.41) is 12.1. The Morgan fingerprint density at radius 3 is 2.38 bits per heavy atom. The molecule has 2 aliphatic rings. The van der Waals surface area contributed by atoms with Crippen LogP contribution in [0.2, 0.25) is 0 Å². The summed E-state index contributed by atoms with van der Waals surface area (Å²) in [6.07, 6.45) is -3.61. The summed E-state index contributed by atoms with van der Waals surface area (Å²) in [6.45, 7) is 1.49. The van der Waals surface area contributed by atoms with Gasteiger partial charge in [0.25, 0.3) is 0 Å². The highest BCUT2D eigenvalue weighted by Crippen LogP contribution is 2.46. The Morgan fingerprint density at radius 1 is 1.33 bits per heavy atom. The molecule has 2 atom stereocenters. The topological polar surface area (TPSA) is 69.6 Å². The van der Waals surface area contributed by atoms with Crippen molar-refractivity contribution >= 4 is 11.9 Å². The molecule has 2 saturated heterocycles. The molecule has 0 aliphatic carbocycles. The van der Waals surface area contributed by atoms with Crippen molar-refractivity contribution in [1.82, 2.24) is 10.2 Å². The second-order valence-electron chi connectivity index (χ2n) is 5.83. The molecule has 1 amide bonds. The zero-order valence-corrected chi connectivity index (χ0v) is 11.8. The number of halogens is 3. The van der Waals surface area contributed by atoms with Gasteiger partial charge in [-0.05, 0) is 32.2 Å². The summed E-state index contributed by atoms with van der Waals surface area (Å²) in [6, 6.07) is 0. The van der Waals surface area contributed by atoms with Crippen molar-refractivity contribution in [2.45, 2.75) is 44.3 Å². The molecular formula is C13H19F3N2O3. The van der Waals surface area contributed by atoms with E-state index in [9.17, 15) is 22.8 Å². The average Bonchev–Trinajstić information content (AvgIpc) is 3.05. The molecule has 2 rings (SSSR count). The van der Waals surface area contributed by atoms with Crippen molar-refractivity contribution in [2.24, 2.45) is 5.41 Å². The minimum Gasteiger partial charge on any atom is -0.481 e. The van der Waals surface area contributed by atoms with Crippen molar-refractivity contribution in [3.63, 3.8) is 0 Å². The number of aliphatic carboxylic acids is 1. The van der Waals surface area contributed by atoms with E-state index in [0.717, 1.165) is 11.3 Å². The van der Waals surface area contributed by atoms with E-state index in [2.05, 4.69) is 5.32 Å². The number of hydrogen-bond donors (Lipinski definition) is 2. The molecule has 0 bridgehead atoms. The van der Waals surface area contributed by atoms with Crippen LogP contribution in [0.1, 0.15) is 32.6 Å². The van der Waals surface area contributed by atoms with Crippen molar-refractivity contribution in [2.75, 3.05) is 19.6 Å². The third-order valence-electron chi connectivity index (χ3n) is 4.77. The van der Waals surface area contributed by atoms with Gasteiger partial charge in [-0.25, -0.2) is 0 Å². The Kier molecular flexibility index (Phi) is 3.94. The third-order valence-corrected chi connectivity index (χ3v) is 4.77. The maximum absolute atomic E-state index is 13.1. The molecule has 2 heterocycles. The van der Waals surface area contributed by atoms with Gasteiger partial charge in [0.15, 0.2) is 5.41 Å².